The normalized spacial score (nSPS) is 51.4. The zero-order valence-electron chi connectivity index (χ0n) is 8.01. The summed E-state index contributed by atoms with van der Waals surface area (Å²) in [6.45, 7) is 8.28. The van der Waals surface area contributed by atoms with E-state index in [0.29, 0.717) is 5.92 Å². The van der Waals surface area contributed by atoms with E-state index < -0.39 is 0 Å². The van der Waals surface area contributed by atoms with E-state index in [1.165, 1.54) is 18.4 Å². The summed E-state index contributed by atoms with van der Waals surface area (Å²) in [6.07, 6.45) is 3.38. The first-order valence-electron chi connectivity index (χ1n) is 4.87. The van der Waals surface area contributed by atoms with Crippen molar-refractivity contribution in [2.45, 2.75) is 39.2 Å². The molecule has 0 bridgehead atoms. The van der Waals surface area contributed by atoms with Crippen molar-refractivity contribution >= 4 is 0 Å². The van der Waals surface area contributed by atoms with Crippen LogP contribution in [0.3, 0.4) is 0 Å². The maximum Gasteiger partial charge on any atom is 0.0602 e. The lowest BCUT2D eigenvalue weighted by molar-refractivity contribution is 0.0485. The molecule has 68 valence electrons. The van der Waals surface area contributed by atoms with Gasteiger partial charge in [0.15, 0.2) is 0 Å². The van der Waals surface area contributed by atoms with Crippen LogP contribution in [0.2, 0.25) is 0 Å². The van der Waals surface area contributed by atoms with E-state index in [9.17, 15) is 5.11 Å². The molecular formula is C11H18O. The minimum atomic E-state index is -0.0713. The average Bonchev–Trinajstić information content (AvgIpc) is 2.62. The van der Waals surface area contributed by atoms with Crippen molar-refractivity contribution in [2.24, 2.45) is 17.3 Å². The lowest BCUT2D eigenvalue weighted by Crippen LogP contribution is -2.29. The molecule has 2 rings (SSSR count). The maximum atomic E-state index is 9.86. The highest BCUT2D eigenvalue weighted by Crippen LogP contribution is 2.62. The molecule has 0 aromatic carbocycles. The fraction of sp³-hybridized carbons (Fsp3) is 0.818. The van der Waals surface area contributed by atoms with Crippen LogP contribution < -0.4 is 0 Å². The Kier molecular flexibility index (Phi) is 1.63. The van der Waals surface area contributed by atoms with Crippen LogP contribution >= 0.6 is 0 Å². The Hall–Kier alpha value is -0.300. The minimum absolute atomic E-state index is 0.0713. The summed E-state index contributed by atoms with van der Waals surface area (Å²) in [5.74, 6) is 1.36. The van der Waals surface area contributed by atoms with Gasteiger partial charge >= 0.3 is 0 Å². The van der Waals surface area contributed by atoms with Crippen LogP contribution in [0.25, 0.3) is 0 Å². The fourth-order valence-electron chi connectivity index (χ4n) is 2.61. The van der Waals surface area contributed by atoms with Crippen molar-refractivity contribution in [1.82, 2.24) is 0 Å². The second-order valence-electron chi connectivity index (χ2n) is 4.94. The Labute approximate surface area is 74.5 Å². The summed E-state index contributed by atoms with van der Waals surface area (Å²) in [5.41, 5.74) is 1.54. The zero-order valence-corrected chi connectivity index (χ0v) is 8.01. The first-order valence-corrected chi connectivity index (χ1v) is 4.87. The third-order valence-electron chi connectivity index (χ3n) is 3.99. The highest BCUT2D eigenvalue weighted by molar-refractivity contribution is 5.13. The van der Waals surface area contributed by atoms with Crippen molar-refractivity contribution in [2.75, 3.05) is 0 Å². The zero-order chi connectivity index (χ0) is 8.93. The maximum absolute atomic E-state index is 9.86. The van der Waals surface area contributed by atoms with Gasteiger partial charge in [0.2, 0.25) is 0 Å². The second-order valence-corrected chi connectivity index (χ2v) is 4.94. The largest absolute Gasteiger partial charge is 0.393 e. The predicted molar refractivity (Wildman–Crippen MR) is 49.8 cm³/mol. The smallest absolute Gasteiger partial charge is 0.0602 e. The third-order valence-corrected chi connectivity index (χ3v) is 3.99. The van der Waals surface area contributed by atoms with Crippen molar-refractivity contribution in [1.29, 1.82) is 0 Å². The minimum Gasteiger partial charge on any atom is -0.393 e. The first-order chi connectivity index (χ1) is 5.54. The molecule has 0 aromatic heterocycles. The van der Waals surface area contributed by atoms with E-state index in [2.05, 4.69) is 20.4 Å². The molecule has 0 aliphatic heterocycles. The van der Waals surface area contributed by atoms with Crippen molar-refractivity contribution < 1.29 is 5.11 Å². The van der Waals surface area contributed by atoms with Crippen LogP contribution in [-0.4, -0.2) is 11.2 Å². The number of hydrogen-bond donors (Lipinski definition) is 1. The highest BCUT2D eigenvalue weighted by Gasteiger charge is 2.58. The number of aliphatic hydroxyl groups excluding tert-OH is 1. The van der Waals surface area contributed by atoms with Gasteiger partial charge in [0.1, 0.15) is 0 Å². The van der Waals surface area contributed by atoms with Gasteiger partial charge in [0.05, 0.1) is 6.10 Å². The van der Waals surface area contributed by atoms with Crippen molar-refractivity contribution in [3.05, 3.63) is 12.2 Å². The molecule has 0 saturated heterocycles. The van der Waals surface area contributed by atoms with Gasteiger partial charge < -0.3 is 5.11 Å². The topological polar surface area (TPSA) is 20.2 Å². The monoisotopic (exact) mass is 166 g/mol. The quantitative estimate of drug-likeness (QED) is 0.593. The highest BCUT2D eigenvalue weighted by atomic mass is 16.3. The molecule has 2 aliphatic carbocycles. The van der Waals surface area contributed by atoms with E-state index >= 15 is 0 Å². The third kappa shape index (κ3) is 1.03. The molecule has 0 aromatic rings. The Bertz CT molecular complexity index is 221. The molecule has 4 atom stereocenters. The fourth-order valence-corrected chi connectivity index (χ4v) is 2.61. The summed E-state index contributed by atoms with van der Waals surface area (Å²) >= 11 is 0. The van der Waals surface area contributed by atoms with Gasteiger partial charge in [0.25, 0.3) is 0 Å². The molecule has 2 saturated carbocycles. The van der Waals surface area contributed by atoms with E-state index in [0.717, 1.165) is 12.3 Å². The van der Waals surface area contributed by atoms with E-state index in [4.69, 9.17) is 0 Å². The molecular weight excluding hydrogens is 148 g/mol. The molecule has 1 heteroatoms. The van der Waals surface area contributed by atoms with Gasteiger partial charge in [0, 0.05) is 0 Å². The Morgan fingerprint density at radius 1 is 1.50 bits per heavy atom. The molecule has 12 heavy (non-hydrogen) atoms. The molecule has 2 fully saturated rings. The number of rotatable bonds is 1. The summed E-state index contributed by atoms with van der Waals surface area (Å²) in [4.78, 5) is 0. The molecule has 1 N–H and O–H groups in total. The number of fused-ring (bicyclic) bond motifs is 1. The summed E-state index contributed by atoms with van der Waals surface area (Å²) < 4.78 is 0. The van der Waals surface area contributed by atoms with Crippen LogP contribution in [0.5, 0.6) is 0 Å². The van der Waals surface area contributed by atoms with Crippen molar-refractivity contribution in [3.63, 3.8) is 0 Å². The Morgan fingerprint density at radius 3 is 2.67 bits per heavy atom. The van der Waals surface area contributed by atoms with Gasteiger partial charge in [-0.15, -0.1) is 0 Å². The van der Waals surface area contributed by atoms with Crippen LogP contribution in [0.4, 0.5) is 0 Å². The number of hydrogen-bond acceptors (Lipinski definition) is 1. The van der Waals surface area contributed by atoms with Crippen LogP contribution in [0.1, 0.15) is 33.1 Å². The lowest BCUT2D eigenvalue weighted by Gasteiger charge is -2.31. The average molecular weight is 166 g/mol. The predicted octanol–water partition coefficient (Wildman–Crippen LogP) is 2.36. The Morgan fingerprint density at radius 2 is 2.17 bits per heavy atom. The molecule has 0 radical (unpaired) electrons. The SMILES string of the molecule is C=C(C)C1CC(O)[C@@]2(C)CC2C1. The molecule has 0 heterocycles. The molecule has 0 amide bonds. The van der Waals surface area contributed by atoms with Gasteiger partial charge in [-0.1, -0.05) is 19.1 Å². The summed E-state index contributed by atoms with van der Waals surface area (Å²) in [7, 11) is 0. The Balaban J connectivity index is 2.06. The second kappa shape index (κ2) is 2.35. The summed E-state index contributed by atoms with van der Waals surface area (Å²) in [6, 6.07) is 0. The first kappa shape index (κ1) is 8.31. The standard InChI is InChI=1S/C11H18O/c1-7(2)8-4-9-6-11(9,3)10(12)5-8/h8-10,12H,1,4-6H2,2-3H3/t8?,9?,10?,11-/m0/s1. The number of aliphatic hydroxyl groups is 1. The van der Waals surface area contributed by atoms with E-state index in [1.807, 2.05) is 0 Å². The van der Waals surface area contributed by atoms with Gasteiger partial charge in [-0.2, -0.15) is 0 Å². The van der Waals surface area contributed by atoms with Gasteiger partial charge in [-0.25, -0.2) is 0 Å². The number of allylic oxidation sites excluding steroid dienone is 1. The van der Waals surface area contributed by atoms with E-state index in [-0.39, 0.29) is 11.5 Å². The lowest BCUT2D eigenvalue weighted by atomic mass is 9.78. The molecule has 2 aliphatic rings. The van der Waals surface area contributed by atoms with Crippen LogP contribution in [0, 0.1) is 17.3 Å². The molecule has 0 spiro atoms. The van der Waals surface area contributed by atoms with Gasteiger partial charge in [-0.3, -0.25) is 0 Å². The van der Waals surface area contributed by atoms with Gasteiger partial charge in [-0.05, 0) is 43.4 Å². The molecule has 1 nitrogen and oxygen atoms in total. The van der Waals surface area contributed by atoms with Crippen molar-refractivity contribution in [3.8, 4) is 0 Å². The summed E-state index contributed by atoms with van der Waals surface area (Å²) in [5, 5.41) is 9.86. The molecule has 3 unspecified atom stereocenters. The van der Waals surface area contributed by atoms with E-state index in [1.54, 1.807) is 0 Å². The van der Waals surface area contributed by atoms with Crippen LogP contribution in [0.15, 0.2) is 12.2 Å². The van der Waals surface area contributed by atoms with Crippen LogP contribution in [-0.2, 0) is 0 Å².